The van der Waals surface area contributed by atoms with E-state index in [4.69, 9.17) is 4.12 Å². The summed E-state index contributed by atoms with van der Waals surface area (Å²) in [5.74, 6) is 0.380. The molecule has 0 atom stereocenters. The van der Waals surface area contributed by atoms with E-state index in [0.717, 1.165) is 18.9 Å². The Morgan fingerprint density at radius 1 is 1.47 bits per heavy atom. The standard InChI is InChI=1S/C13H26O2Si2/c1-7-13(3,4)12(14)10-9-11-16-15-17(5,6)8-2/h8H,2,7,9-11H2,1,3-6H3. The topological polar surface area (TPSA) is 26.3 Å². The number of Topliss-reactive ketones (excluding diaryl/α,β-unsaturated/α-hetero) is 1. The fourth-order valence-corrected chi connectivity index (χ4v) is 3.69. The average molecular weight is 271 g/mol. The van der Waals surface area contributed by atoms with Crippen LogP contribution in [0.25, 0.3) is 0 Å². The van der Waals surface area contributed by atoms with E-state index in [9.17, 15) is 4.79 Å². The van der Waals surface area contributed by atoms with Crippen LogP contribution in [0.4, 0.5) is 0 Å². The third-order valence-corrected chi connectivity index (χ3v) is 7.37. The van der Waals surface area contributed by atoms with Crippen LogP contribution in [0.3, 0.4) is 0 Å². The van der Waals surface area contributed by atoms with Gasteiger partial charge in [-0.15, -0.1) is 6.58 Å². The summed E-state index contributed by atoms with van der Waals surface area (Å²) in [6.45, 7) is 14.2. The zero-order chi connectivity index (χ0) is 13.5. The van der Waals surface area contributed by atoms with Gasteiger partial charge in [0.05, 0.1) is 0 Å². The molecule has 98 valence electrons. The number of carbonyl (C=O) groups is 1. The van der Waals surface area contributed by atoms with Crippen molar-refractivity contribution in [2.75, 3.05) is 0 Å². The monoisotopic (exact) mass is 270 g/mol. The number of ketones is 1. The van der Waals surface area contributed by atoms with Crippen LogP contribution in [0.2, 0.25) is 19.1 Å². The van der Waals surface area contributed by atoms with Crippen LogP contribution in [-0.2, 0) is 8.91 Å². The third kappa shape index (κ3) is 6.96. The molecular weight excluding hydrogens is 244 g/mol. The summed E-state index contributed by atoms with van der Waals surface area (Å²) in [7, 11) is -1.09. The summed E-state index contributed by atoms with van der Waals surface area (Å²) in [4.78, 5) is 11.9. The second kappa shape index (κ2) is 7.29. The molecule has 0 rings (SSSR count). The molecule has 0 aliphatic heterocycles. The molecule has 17 heavy (non-hydrogen) atoms. The van der Waals surface area contributed by atoms with Crippen LogP contribution in [-0.4, -0.2) is 23.9 Å². The van der Waals surface area contributed by atoms with Gasteiger partial charge in [0.25, 0.3) is 0 Å². The highest BCUT2D eigenvalue weighted by atomic mass is 28.4. The Kier molecular flexibility index (Phi) is 7.20. The van der Waals surface area contributed by atoms with Crippen molar-refractivity contribution in [3.8, 4) is 0 Å². The normalized spacial score (nSPS) is 12.5. The molecule has 0 aromatic rings. The van der Waals surface area contributed by atoms with Gasteiger partial charge in [0.1, 0.15) is 5.78 Å². The summed E-state index contributed by atoms with van der Waals surface area (Å²) in [6, 6.07) is 0.996. The molecule has 0 aliphatic carbocycles. The lowest BCUT2D eigenvalue weighted by Crippen LogP contribution is -2.29. The predicted molar refractivity (Wildman–Crippen MR) is 77.6 cm³/mol. The van der Waals surface area contributed by atoms with E-state index in [-0.39, 0.29) is 5.41 Å². The number of rotatable bonds is 9. The fraction of sp³-hybridized carbons (Fsp3) is 0.769. The van der Waals surface area contributed by atoms with Gasteiger partial charge < -0.3 is 4.12 Å². The summed E-state index contributed by atoms with van der Waals surface area (Å²) in [6.07, 6.45) is 2.55. The first-order valence-corrected chi connectivity index (χ1v) is 10.4. The lowest BCUT2D eigenvalue weighted by molar-refractivity contribution is -0.127. The Labute approximate surface area is 110 Å². The Morgan fingerprint density at radius 2 is 2.06 bits per heavy atom. The van der Waals surface area contributed by atoms with Gasteiger partial charge in [0, 0.05) is 11.8 Å². The van der Waals surface area contributed by atoms with Gasteiger partial charge in [-0.05, 0) is 32.0 Å². The van der Waals surface area contributed by atoms with Gasteiger partial charge in [-0.3, -0.25) is 4.79 Å². The number of hydrogen-bond acceptors (Lipinski definition) is 2. The summed E-state index contributed by atoms with van der Waals surface area (Å²) < 4.78 is 5.81. The lowest BCUT2D eigenvalue weighted by Gasteiger charge is -2.21. The summed E-state index contributed by atoms with van der Waals surface area (Å²) >= 11 is 0. The van der Waals surface area contributed by atoms with Crippen molar-refractivity contribution in [3.05, 3.63) is 12.3 Å². The van der Waals surface area contributed by atoms with E-state index < -0.39 is 8.32 Å². The highest BCUT2D eigenvalue weighted by molar-refractivity contribution is 6.79. The smallest absolute Gasteiger partial charge is 0.215 e. The lowest BCUT2D eigenvalue weighted by atomic mass is 9.83. The van der Waals surface area contributed by atoms with Crippen molar-refractivity contribution in [1.29, 1.82) is 0 Å². The number of hydrogen-bond donors (Lipinski definition) is 0. The van der Waals surface area contributed by atoms with E-state index in [1.807, 2.05) is 19.5 Å². The first kappa shape index (κ1) is 16.8. The molecular formula is C13H26O2Si2. The minimum Gasteiger partial charge on any atom is -0.453 e. The van der Waals surface area contributed by atoms with Crippen molar-refractivity contribution < 1.29 is 8.91 Å². The maximum atomic E-state index is 11.9. The molecule has 2 radical (unpaired) electrons. The van der Waals surface area contributed by atoms with Crippen molar-refractivity contribution in [2.24, 2.45) is 5.41 Å². The van der Waals surface area contributed by atoms with Gasteiger partial charge in [-0.2, -0.15) is 0 Å². The van der Waals surface area contributed by atoms with E-state index >= 15 is 0 Å². The maximum Gasteiger partial charge on any atom is 0.215 e. The van der Waals surface area contributed by atoms with Gasteiger partial charge in [0.2, 0.25) is 9.76 Å². The predicted octanol–water partition coefficient (Wildman–Crippen LogP) is 3.76. The first-order chi connectivity index (χ1) is 7.75. The van der Waals surface area contributed by atoms with E-state index in [1.165, 1.54) is 0 Å². The molecule has 0 spiro atoms. The molecule has 0 fully saturated rings. The third-order valence-electron chi connectivity index (χ3n) is 3.15. The Balaban J connectivity index is 3.73. The Hall–Kier alpha value is -0.196. The van der Waals surface area contributed by atoms with Crippen LogP contribution >= 0.6 is 0 Å². The summed E-state index contributed by atoms with van der Waals surface area (Å²) in [5.41, 5.74) is 1.80. The molecule has 0 aliphatic rings. The molecule has 0 bridgehead atoms. The minimum absolute atomic E-state index is 0.154. The van der Waals surface area contributed by atoms with E-state index in [0.29, 0.717) is 22.0 Å². The SMILES string of the molecule is C=C[Si](C)(C)O[Si]CCCC(=O)C(C)(C)CC. The fourth-order valence-electron chi connectivity index (χ4n) is 1.14. The zero-order valence-electron chi connectivity index (χ0n) is 11.9. The van der Waals surface area contributed by atoms with Crippen LogP contribution < -0.4 is 0 Å². The highest BCUT2D eigenvalue weighted by Gasteiger charge is 2.24. The Bertz CT molecular complexity index is 260. The number of carbonyl (C=O) groups excluding carboxylic acids is 1. The molecule has 2 nitrogen and oxygen atoms in total. The van der Waals surface area contributed by atoms with Crippen molar-refractivity contribution in [3.63, 3.8) is 0 Å². The molecule has 4 heteroatoms. The van der Waals surface area contributed by atoms with E-state index in [1.54, 1.807) is 0 Å². The zero-order valence-corrected chi connectivity index (χ0v) is 13.9. The second-order valence-electron chi connectivity index (χ2n) is 5.57. The largest absolute Gasteiger partial charge is 0.453 e. The van der Waals surface area contributed by atoms with Crippen LogP contribution in [0.15, 0.2) is 12.3 Å². The molecule has 0 saturated heterocycles. The quantitative estimate of drug-likeness (QED) is 0.471. The Morgan fingerprint density at radius 3 is 2.53 bits per heavy atom. The van der Waals surface area contributed by atoms with Crippen LogP contribution in [0.1, 0.15) is 40.0 Å². The highest BCUT2D eigenvalue weighted by Crippen LogP contribution is 2.23. The summed E-state index contributed by atoms with van der Waals surface area (Å²) in [5, 5.41) is 0. The molecule has 0 aromatic heterocycles. The minimum atomic E-state index is -1.61. The maximum absolute atomic E-state index is 11.9. The van der Waals surface area contributed by atoms with Gasteiger partial charge >= 0.3 is 0 Å². The van der Waals surface area contributed by atoms with Gasteiger partial charge in [-0.25, -0.2) is 0 Å². The average Bonchev–Trinajstić information content (AvgIpc) is 2.28. The van der Waals surface area contributed by atoms with Gasteiger partial charge in [0.15, 0.2) is 8.32 Å². The molecule has 0 unspecified atom stereocenters. The molecule has 0 saturated carbocycles. The van der Waals surface area contributed by atoms with Crippen LogP contribution in [0, 0.1) is 5.41 Å². The first-order valence-electron chi connectivity index (χ1n) is 6.33. The van der Waals surface area contributed by atoms with Crippen LogP contribution in [0.5, 0.6) is 0 Å². The molecule has 0 N–H and O–H groups in total. The molecule has 0 aromatic carbocycles. The van der Waals surface area contributed by atoms with E-state index in [2.05, 4.69) is 26.6 Å². The second-order valence-corrected chi connectivity index (χ2v) is 10.8. The van der Waals surface area contributed by atoms with Crippen molar-refractivity contribution in [1.82, 2.24) is 0 Å². The molecule has 0 amide bonds. The van der Waals surface area contributed by atoms with Gasteiger partial charge in [-0.1, -0.05) is 26.5 Å². The van der Waals surface area contributed by atoms with Crippen molar-refractivity contribution in [2.45, 2.75) is 59.2 Å². The van der Waals surface area contributed by atoms with Crippen molar-refractivity contribution >= 4 is 23.9 Å². The molecule has 0 heterocycles.